The van der Waals surface area contributed by atoms with Crippen molar-refractivity contribution in [2.75, 3.05) is 0 Å². The third kappa shape index (κ3) is 2.50. The summed E-state index contributed by atoms with van der Waals surface area (Å²) in [7, 11) is 0. The standard InChI is InChI=1S/C12H24/c1-4-7-12-10(2)8-5-6-9-11(12)3/h10-12H,4-9H2,1-3H3. The van der Waals surface area contributed by atoms with E-state index in [0.29, 0.717) is 0 Å². The van der Waals surface area contributed by atoms with Crippen LogP contribution in [0.1, 0.15) is 59.3 Å². The zero-order valence-corrected chi connectivity index (χ0v) is 8.97. The number of hydrogen-bond donors (Lipinski definition) is 0. The van der Waals surface area contributed by atoms with E-state index in [0.717, 1.165) is 17.8 Å². The molecule has 1 aliphatic carbocycles. The lowest BCUT2D eigenvalue weighted by molar-refractivity contribution is 0.240. The average molecular weight is 168 g/mol. The zero-order chi connectivity index (χ0) is 8.97. The van der Waals surface area contributed by atoms with Crippen molar-refractivity contribution in [3.05, 3.63) is 0 Å². The summed E-state index contributed by atoms with van der Waals surface area (Å²) in [6.45, 7) is 7.24. The van der Waals surface area contributed by atoms with Crippen LogP contribution in [0.5, 0.6) is 0 Å². The molecule has 0 aromatic carbocycles. The van der Waals surface area contributed by atoms with Gasteiger partial charge < -0.3 is 0 Å². The van der Waals surface area contributed by atoms with Crippen LogP contribution >= 0.6 is 0 Å². The van der Waals surface area contributed by atoms with Crippen LogP contribution < -0.4 is 0 Å². The molecule has 0 N–H and O–H groups in total. The van der Waals surface area contributed by atoms with Gasteiger partial charge >= 0.3 is 0 Å². The lowest BCUT2D eigenvalue weighted by Crippen LogP contribution is -2.17. The minimum absolute atomic E-state index is 0.988. The van der Waals surface area contributed by atoms with E-state index in [4.69, 9.17) is 0 Å². The van der Waals surface area contributed by atoms with Gasteiger partial charge in [-0.15, -0.1) is 0 Å². The van der Waals surface area contributed by atoms with Gasteiger partial charge in [0.1, 0.15) is 0 Å². The Balaban J connectivity index is 2.49. The Morgan fingerprint density at radius 3 is 1.92 bits per heavy atom. The second-order valence-electron chi connectivity index (χ2n) is 4.69. The predicted octanol–water partition coefficient (Wildman–Crippen LogP) is 4.25. The summed E-state index contributed by atoms with van der Waals surface area (Å²) < 4.78 is 0. The van der Waals surface area contributed by atoms with E-state index in [-0.39, 0.29) is 0 Å². The van der Waals surface area contributed by atoms with Gasteiger partial charge in [0.25, 0.3) is 0 Å². The maximum absolute atomic E-state index is 2.46. The molecule has 0 spiro atoms. The summed E-state index contributed by atoms with van der Waals surface area (Å²) in [5, 5.41) is 0. The predicted molar refractivity (Wildman–Crippen MR) is 55.2 cm³/mol. The number of rotatable bonds is 2. The van der Waals surface area contributed by atoms with Gasteiger partial charge in [0.05, 0.1) is 0 Å². The topological polar surface area (TPSA) is 0 Å². The molecule has 0 aromatic heterocycles. The minimum atomic E-state index is 0.988. The monoisotopic (exact) mass is 168 g/mol. The summed E-state index contributed by atoms with van der Waals surface area (Å²) in [5.74, 6) is 3.00. The first-order valence-corrected chi connectivity index (χ1v) is 5.75. The molecule has 0 amide bonds. The molecule has 0 radical (unpaired) electrons. The Hall–Kier alpha value is 0. The highest BCUT2D eigenvalue weighted by Gasteiger charge is 2.24. The van der Waals surface area contributed by atoms with Crippen molar-refractivity contribution in [1.29, 1.82) is 0 Å². The molecule has 0 aromatic rings. The van der Waals surface area contributed by atoms with Gasteiger partial charge in [0, 0.05) is 0 Å². The molecule has 0 bridgehead atoms. The third-order valence-electron chi connectivity index (χ3n) is 3.65. The van der Waals surface area contributed by atoms with Crippen LogP contribution in [0.2, 0.25) is 0 Å². The third-order valence-corrected chi connectivity index (χ3v) is 3.65. The van der Waals surface area contributed by atoms with Crippen molar-refractivity contribution in [1.82, 2.24) is 0 Å². The SMILES string of the molecule is CCCC1C(C)CCCCC1C. The molecule has 1 rings (SSSR count). The molecule has 2 unspecified atom stereocenters. The maximum atomic E-state index is 2.46. The second kappa shape index (κ2) is 4.89. The lowest BCUT2D eigenvalue weighted by atomic mass is 9.80. The van der Waals surface area contributed by atoms with Crippen LogP contribution in [0.4, 0.5) is 0 Å². The highest BCUT2D eigenvalue weighted by Crippen LogP contribution is 2.35. The number of hydrogen-bond acceptors (Lipinski definition) is 0. The lowest BCUT2D eigenvalue weighted by Gasteiger charge is -2.26. The van der Waals surface area contributed by atoms with Crippen molar-refractivity contribution in [3.63, 3.8) is 0 Å². The van der Waals surface area contributed by atoms with Crippen molar-refractivity contribution in [2.24, 2.45) is 17.8 Å². The average Bonchev–Trinajstić information content (AvgIpc) is 2.19. The summed E-state index contributed by atoms with van der Waals surface area (Å²) in [4.78, 5) is 0. The fraction of sp³-hybridized carbons (Fsp3) is 1.00. The van der Waals surface area contributed by atoms with Gasteiger partial charge in [-0.05, 0) is 17.8 Å². The molecular weight excluding hydrogens is 144 g/mol. The van der Waals surface area contributed by atoms with E-state index in [1.807, 2.05) is 0 Å². The summed E-state index contributed by atoms with van der Waals surface area (Å²) >= 11 is 0. The van der Waals surface area contributed by atoms with E-state index < -0.39 is 0 Å². The highest BCUT2D eigenvalue weighted by atomic mass is 14.3. The molecule has 2 atom stereocenters. The smallest absolute Gasteiger partial charge is 0.0363 e. The largest absolute Gasteiger partial charge is 0.0654 e. The molecule has 1 aliphatic rings. The second-order valence-corrected chi connectivity index (χ2v) is 4.69. The van der Waals surface area contributed by atoms with Gasteiger partial charge in [-0.3, -0.25) is 0 Å². The van der Waals surface area contributed by atoms with Crippen molar-refractivity contribution in [2.45, 2.75) is 59.3 Å². The first-order chi connectivity index (χ1) is 5.75. The van der Waals surface area contributed by atoms with Crippen molar-refractivity contribution < 1.29 is 0 Å². The Morgan fingerprint density at radius 1 is 1.00 bits per heavy atom. The summed E-state index contributed by atoms with van der Waals surface area (Å²) in [6.07, 6.45) is 8.75. The Labute approximate surface area is 77.7 Å². The molecule has 1 fully saturated rings. The summed E-state index contributed by atoms with van der Waals surface area (Å²) in [6, 6.07) is 0. The van der Waals surface area contributed by atoms with Crippen LogP contribution in [0.15, 0.2) is 0 Å². The Kier molecular flexibility index (Phi) is 4.11. The molecule has 0 nitrogen and oxygen atoms in total. The van der Waals surface area contributed by atoms with E-state index in [9.17, 15) is 0 Å². The van der Waals surface area contributed by atoms with Crippen LogP contribution in [0.3, 0.4) is 0 Å². The van der Waals surface area contributed by atoms with Gasteiger partial charge in [0.15, 0.2) is 0 Å². The van der Waals surface area contributed by atoms with Gasteiger partial charge in [-0.1, -0.05) is 59.3 Å². The molecule has 0 saturated heterocycles. The quantitative estimate of drug-likeness (QED) is 0.541. The molecular formula is C12H24. The van der Waals surface area contributed by atoms with E-state index in [1.54, 1.807) is 0 Å². The first kappa shape index (κ1) is 10.1. The van der Waals surface area contributed by atoms with Crippen LogP contribution in [-0.2, 0) is 0 Å². The van der Waals surface area contributed by atoms with Gasteiger partial charge in [-0.2, -0.15) is 0 Å². The fourth-order valence-corrected chi connectivity index (χ4v) is 2.82. The van der Waals surface area contributed by atoms with E-state index in [1.165, 1.54) is 38.5 Å². The Morgan fingerprint density at radius 2 is 1.50 bits per heavy atom. The van der Waals surface area contributed by atoms with Gasteiger partial charge in [-0.25, -0.2) is 0 Å². The fourth-order valence-electron chi connectivity index (χ4n) is 2.82. The molecule has 0 aliphatic heterocycles. The van der Waals surface area contributed by atoms with Gasteiger partial charge in [0.2, 0.25) is 0 Å². The van der Waals surface area contributed by atoms with E-state index >= 15 is 0 Å². The normalized spacial score (nSPS) is 37.8. The van der Waals surface area contributed by atoms with Crippen LogP contribution in [0.25, 0.3) is 0 Å². The molecule has 0 heterocycles. The van der Waals surface area contributed by atoms with E-state index in [2.05, 4.69) is 20.8 Å². The zero-order valence-electron chi connectivity index (χ0n) is 8.97. The van der Waals surface area contributed by atoms with Crippen LogP contribution in [0, 0.1) is 17.8 Å². The highest BCUT2D eigenvalue weighted by molar-refractivity contribution is 4.75. The minimum Gasteiger partial charge on any atom is -0.0654 e. The molecule has 12 heavy (non-hydrogen) atoms. The first-order valence-electron chi connectivity index (χ1n) is 5.75. The molecule has 0 heteroatoms. The maximum Gasteiger partial charge on any atom is -0.0363 e. The summed E-state index contributed by atoms with van der Waals surface area (Å²) in [5.41, 5.74) is 0. The van der Waals surface area contributed by atoms with Crippen molar-refractivity contribution in [3.8, 4) is 0 Å². The molecule has 1 saturated carbocycles. The van der Waals surface area contributed by atoms with Crippen molar-refractivity contribution >= 4 is 0 Å². The van der Waals surface area contributed by atoms with Crippen LogP contribution in [-0.4, -0.2) is 0 Å². The Bertz CT molecular complexity index is 105. The molecule has 72 valence electrons.